The van der Waals surface area contributed by atoms with Gasteiger partial charge in [-0.3, -0.25) is 9.78 Å². The number of aromatic nitrogens is 1. The van der Waals surface area contributed by atoms with Crippen LogP contribution in [-0.4, -0.2) is 42.5 Å². The van der Waals surface area contributed by atoms with Gasteiger partial charge in [0.15, 0.2) is 0 Å². The Hall–Kier alpha value is -1.62. The lowest BCUT2D eigenvalue weighted by Gasteiger charge is -2.19. The minimum Gasteiger partial charge on any atom is -0.494 e. The average molecular weight is 237 g/mol. The average Bonchev–Trinajstić information content (AvgIpc) is 2.34. The van der Waals surface area contributed by atoms with Crippen molar-refractivity contribution in [3.63, 3.8) is 0 Å². The van der Waals surface area contributed by atoms with Crippen LogP contribution in [0.5, 0.6) is 5.75 Å². The smallest absolute Gasteiger partial charge is 0.257 e. The van der Waals surface area contributed by atoms with Crippen molar-refractivity contribution in [1.29, 1.82) is 0 Å². The minimum absolute atomic E-state index is 0.0788. The van der Waals surface area contributed by atoms with Gasteiger partial charge in [-0.25, -0.2) is 0 Å². The maximum absolute atomic E-state index is 12.1. The first-order valence-electron chi connectivity index (χ1n) is 5.55. The summed E-state index contributed by atoms with van der Waals surface area (Å²) in [5.41, 5.74) is 6.19. The first kappa shape index (κ1) is 13.4. The molecule has 1 atom stereocenters. The number of amides is 1. The zero-order valence-corrected chi connectivity index (χ0v) is 10.5. The molecule has 0 aliphatic rings. The predicted molar refractivity (Wildman–Crippen MR) is 66.0 cm³/mol. The number of nitrogens with two attached hydrogens (primary N) is 1. The number of hydrogen-bond acceptors (Lipinski definition) is 4. The Kier molecular flexibility index (Phi) is 4.90. The van der Waals surface area contributed by atoms with Crippen molar-refractivity contribution >= 4 is 5.91 Å². The van der Waals surface area contributed by atoms with Gasteiger partial charge >= 0.3 is 0 Å². The summed E-state index contributed by atoms with van der Waals surface area (Å²) in [5.74, 6) is 0.412. The molecule has 1 heterocycles. The topological polar surface area (TPSA) is 68.5 Å². The molecule has 2 N–H and O–H groups in total. The number of ether oxygens (including phenoxy) is 1. The van der Waals surface area contributed by atoms with E-state index < -0.39 is 0 Å². The van der Waals surface area contributed by atoms with E-state index in [9.17, 15) is 4.79 Å². The van der Waals surface area contributed by atoms with Gasteiger partial charge in [0.1, 0.15) is 5.75 Å². The zero-order chi connectivity index (χ0) is 12.8. The van der Waals surface area contributed by atoms with Crippen LogP contribution in [0, 0.1) is 0 Å². The van der Waals surface area contributed by atoms with Crippen molar-refractivity contribution in [3.8, 4) is 5.75 Å². The molecular formula is C12H19N3O2. The Morgan fingerprint density at radius 3 is 2.94 bits per heavy atom. The number of pyridine rings is 1. The third-order valence-electron chi connectivity index (χ3n) is 2.50. The van der Waals surface area contributed by atoms with Gasteiger partial charge < -0.3 is 15.4 Å². The van der Waals surface area contributed by atoms with E-state index in [4.69, 9.17) is 10.5 Å². The highest BCUT2D eigenvalue weighted by Crippen LogP contribution is 2.17. The lowest BCUT2D eigenvalue weighted by molar-refractivity contribution is 0.0788. The van der Waals surface area contributed by atoms with Crippen LogP contribution in [0.25, 0.3) is 0 Å². The maximum Gasteiger partial charge on any atom is 0.257 e. The molecule has 1 amide bonds. The summed E-state index contributed by atoms with van der Waals surface area (Å²) in [5, 5.41) is 0. The summed E-state index contributed by atoms with van der Waals surface area (Å²) in [4.78, 5) is 17.7. The summed E-state index contributed by atoms with van der Waals surface area (Å²) in [7, 11) is 3.28. The second-order valence-electron chi connectivity index (χ2n) is 4.07. The van der Waals surface area contributed by atoms with Crippen LogP contribution in [0.2, 0.25) is 0 Å². The molecule has 17 heavy (non-hydrogen) atoms. The fourth-order valence-corrected chi connectivity index (χ4v) is 1.42. The fraction of sp³-hybridized carbons (Fsp3) is 0.500. The highest BCUT2D eigenvalue weighted by atomic mass is 16.5. The third kappa shape index (κ3) is 3.71. The zero-order valence-electron chi connectivity index (χ0n) is 10.5. The molecule has 1 aromatic heterocycles. The highest BCUT2D eigenvalue weighted by Gasteiger charge is 2.16. The van der Waals surface area contributed by atoms with Crippen LogP contribution in [0.15, 0.2) is 18.5 Å². The van der Waals surface area contributed by atoms with E-state index in [0.29, 0.717) is 17.9 Å². The number of carbonyl (C=O) groups excluding carboxylic acids is 1. The second kappa shape index (κ2) is 6.20. The molecule has 1 aromatic rings. The Morgan fingerprint density at radius 2 is 2.35 bits per heavy atom. The molecule has 0 bridgehead atoms. The Balaban J connectivity index is 2.74. The molecule has 0 aromatic carbocycles. The number of nitrogens with zero attached hydrogens (tertiary/aromatic N) is 2. The highest BCUT2D eigenvalue weighted by molar-refractivity contribution is 5.96. The van der Waals surface area contributed by atoms with Gasteiger partial charge in [-0.1, -0.05) is 0 Å². The van der Waals surface area contributed by atoms with E-state index in [1.807, 2.05) is 6.92 Å². The largest absolute Gasteiger partial charge is 0.494 e. The minimum atomic E-state index is -0.0788. The van der Waals surface area contributed by atoms with Crippen LogP contribution in [0.1, 0.15) is 23.7 Å². The second-order valence-corrected chi connectivity index (χ2v) is 4.07. The van der Waals surface area contributed by atoms with Gasteiger partial charge in [0.05, 0.1) is 18.9 Å². The molecule has 1 rings (SSSR count). The van der Waals surface area contributed by atoms with E-state index in [1.165, 1.54) is 13.3 Å². The first-order chi connectivity index (χ1) is 8.06. The number of hydrogen-bond donors (Lipinski definition) is 1. The maximum atomic E-state index is 12.1. The summed E-state index contributed by atoms with van der Waals surface area (Å²) in [6, 6.07) is 1.74. The SMILES string of the molecule is COc1cnccc1C(=O)N(C)CCC(C)N. The molecule has 0 aliphatic heterocycles. The summed E-state index contributed by atoms with van der Waals surface area (Å²) < 4.78 is 5.11. The lowest BCUT2D eigenvalue weighted by Crippen LogP contribution is -2.31. The Morgan fingerprint density at radius 1 is 1.65 bits per heavy atom. The van der Waals surface area contributed by atoms with E-state index >= 15 is 0 Å². The van der Waals surface area contributed by atoms with Gasteiger partial charge in [0.25, 0.3) is 5.91 Å². The monoisotopic (exact) mass is 237 g/mol. The molecule has 0 saturated heterocycles. The normalized spacial score (nSPS) is 12.0. The van der Waals surface area contributed by atoms with Gasteiger partial charge in [0, 0.05) is 25.8 Å². The number of carbonyl (C=O) groups is 1. The molecule has 5 heteroatoms. The van der Waals surface area contributed by atoms with Crippen molar-refractivity contribution in [2.24, 2.45) is 5.73 Å². The van der Waals surface area contributed by atoms with Gasteiger partial charge in [-0.05, 0) is 19.4 Å². The molecular weight excluding hydrogens is 218 g/mol. The van der Waals surface area contributed by atoms with Crippen LogP contribution in [-0.2, 0) is 0 Å². The third-order valence-corrected chi connectivity index (χ3v) is 2.50. The number of methoxy groups -OCH3 is 1. The molecule has 94 valence electrons. The first-order valence-corrected chi connectivity index (χ1v) is 5.55. The van der Waals surface area contributed by atoms with Crippen molar-refractivity contribution in [1.82, 2.24) is 9.88 Å². The molecule has 0 spiro atoms. The summed E-state index contributed by atoms with van der Waals surface area (Å²) >= 11 is 0. The van der Waals surface area contributed by atoms with Crippen LogP contribution in [0.4, 0.5) is 0 Å². The van der Waals surface area contributed by atoms with Crippen molar-refractivity contribution in [2.75, 3.05) is 20.7 Å². The predicted octanol–water partition coefficient (Wildman–Crippen LogP) is 0.899. The lowest BCUT2D eigenvalue weighted by atomic mass is 10.2. The molecule has 0 radical (unpaired) electrons. The van der Waals surface area contributed by atoms with Crippen LogP contribution in [0.3, 0.4) is 0 Å². The molecule has 0 aliphatic carbocycles. The van der Waals surface area contributed by atoms with Crippen molar-refractivity contribution in [3.05, 3.63) is 24.0 Å². The fourth-order valence-electron chi connectivity index (χ4n) is 1.42. The van der Waals surface area contributed by atoms with Gasteiger partial charge in [-0.15, -0.1) is 0 Å². The standard InChI is InChI=1S/C12H19N3O2/c1-9(13)5-7-15(2)12(16)10-4-6-14-8-11(10)17-3/h4,6,8-9H,5,7,13H2,1-3H3. The van der Waals surface area contributed by atoms with E-state index in [1.54, 1.807) is 24.2 Å². The summed E-state index contributed by atoms with van der Waals surface area (Å²) in [6.45, 7) is 2.55. The van der Waals surface area contributed by atoms with Crippen molar-refractivity contribution in [2.45, 2.75) is 19.4 Å². The Labute approximate surface area is 102 Å². The van der Waals surface area contributed by atoms with E-state index in [-0.39, 0.29) is 11.9 Å². The van der Waals surface area contributed by atoms with E-state index in [0.717, 1.165) is 6.42 Å². The van der Waals surface area contributed by atoms with Gasteiger partial charge in [-0.2, -0.15) is 0 Å². The Bertz CT molecular complexity index is 380. The van der Waals surface area contributed by atoms with Crippen LogP contribution >= 0.6 is 0 Å². The molecule has 0 saturated carbocycles. The quantitative estimate of drug-likeness (QED) is 0.826. The number of rotatable bonds is 5. The molecule has 0 fully saturated rings. The van der Waals surface area contributed by atoms with Gasteiger partial charge in [0.2, 0.25) is 0 Å². The summed E-state index contributed by atoms with van der Waals surface area (Å²) in [6.07, 6.45) is 3.89. The van der Waals surface area contributed by atoms with Crippen molar-refractivity contribution < 1.29 is 9.53 Å². The molecule has 1 unspecified atom stereocenters. The van der Waals surface area contributed by atoms with Crippen LogP contribution < -0.4 is 10.5 Å². The van der Waals surface area contributed by atoms with E-state index in [2.05, 4.69) is 4.98 Å². The molecule has 5 nitrogen and oxygen atoms in total.